The van der Waals surface area contributed by atoms with Gasteiger partial charge in [0.2, 0.25) is 12.3 Å². The number of aryl methyl sites for hydroxylation is 1. The molecule has 1 saturated heterocycles. The van der Waals surface area contributed by atoms with Gasteiger partial charge < -0.3 is 14.6 Å². The number of amides is 1. The molecular formula is C21H22N4O2. The first kappa shape index (κ1) is 17.4. The highest BCUT2D eigenvalue weighted by Crippen LogP contribution is 2.22. The molecule has 2 aromatic carbocycles. The average Bonchev–Trinajstić information content (AvgIpc) is 3.28. The summed E-state index contributed by atoms with van der Waals surface area (Å²) in [5.41, 5.74) is 3.91. The van der Waals surface area contributed by atoms with Crippen molar-refractivity contribution in [2.24, 2.45) is 0 Å². The number of nitrogens with zero attached hydrogens (tertiary/aromatic N) is 3. The van der Waals surface area contributed by atoms with E-state index < -0.39 is 0 Å². The van der Waals surface area contributed by atoms with Crippen LogP contribution in [0.5, 0.6) is 0 Å². The van der Waals surface area contributed by atoms with Gasteiger partial charge in [0.25, 0.3) is 5.91 Å². The van der Waals surface area contributed by atoms with E-state index in [0.29, 0.717) is 24.5 Å². The number of rotatable bonds is 4. The molecule has 0 saturated carbocycles. The largest absolute Gasteiger partial charge is 0.423 e. The standard InChI is InChI=1S/C21H22N4O2/c1-2-15-6-8-16(9-7-15)19-13-25(11-10-22-19)21(26)18-5-3-4-17(12-18)20-24-23-14-27-20/h3-9,12,14,19,22H,2,10-11,13H2,1H3. The van der Waals surface area contributed by atoms with E-state index in [1.165, 1.54) is 17.5 Å². The lowest BCUT2D eigenvalue weighted by Gasteiger charge is -2.34. The predicted molar refractivity (Wildman–Crippen MR) is 102 cm³/mol. The van der Waals surface area contributed by atoms with Gasteiger partial charge in [-0.15, -0.1) is 10.2 Å². The van der Waals surface area contributed by atoms with Crippen LogP contribution in [0.1, 0.15) is 34.5 Å². The number of hydrogen-bond donors (Lipinski definition) is 1. The molecule has 27 heavy (non-hydrogen) atoms. The van der Waals surface area contributed by atoms with Crippen LogP contribution < -0.4 is 5.32 Å². The van der Waals surface area contributed by atoms with Gasteiger partial charge in [-0.25, -0.2) is 0 Å². The van der Waals surface area contributed by atoms with Gasteiger partial charge in [-0.05, 0) is 35.7 Å². The van der Waals surface area contributed by atoms with Crippen molar-refractivity contribution in [3.8, 4) is 11.5 Å². The highest BCUT2D eigenvalue weighted by Gasteiger charge is 2.25. The third-order valence-corrected chi connectivity index (χ3v) is 4.97. The van der Waals surface area contributed by atoms with Crippen molar-refractivity contribution in [2.75, 3.05) is 19.6 Å². The van der Waals surface area contributed by atoms with Crippen LogP contribution in [0.3, 0.4) is 0 Å². The first-order chi connectivity index (χ1) is 13.2. The van der Waals surface area contributed by atoms with Crippen molar-refractivity contribution in [2.45, 2.75) is 19.4 Å². The van der Waals surface area contributed by atoms with E-state index >= 15 is 0 Å². The monoisotopic (exact) mass is 362 g/mol. The van der Waals surface area contributed by atoms with E-state index in [0.717, 1.165) is 18.5 Å². The molecule has 1 aliphatic rings. The summed E-state index contributed by atoms with van der Waals surface area (Å²) < 4.78 is 5.24. The van der Waals surface area contributed by atoms with Crippen molar-refractivity contribution < 1.29 is 9.21 Å². The van der Waals surface area contributed by atoms with Crippen molar-refractivity contribution >= 4 is 5.91 Å². The van der Waals surface area contributed by atoms with Gasteiger partial charge >= 0.3 is 0 Å². The molecule has 6 heteroatoms. The van der Waals surface area contributed by atoms with Gasteiger partial charge in [-0.1, -0.05) is 37.3 Å². The zero-order valence-corrected chi connectivity index (χ0v) is 15.3. The minimum Gasteiger partial charge on any atom is -0.423 e. The van der Waals surface area contributed by atoms with Gasteiger partial charge in [-0.3, -0.25) is 4.79 Å². The second-order valence-corrected chi connectivity index (χ2v) is 6.68. The van der Waals surface area contributed by atoms with Crippen LogP contribution in [-0.4, -0.2) is 40.6 Å². The fourth-order valence-electron chi connectivity index (χ4n) is 3.41. The normalized spacial score (nSPS) is 17.1. The van der Waals surface area contributed by atoms with E-state index in [9.17, 15) is 4.79 Å². The molecule has 138 valence electrons. The lowest BCUT2D eigenvalue weighted by atomic mass is 10.0. The molecular weight excluding hydrogens is 340 g/mol. The minimum atomic E-state index is 0.0213. The Kier molecular flexibility index (Phi) is 4.98. The third kappa shape index (κ3) is 3.75. The van der Waals surface area contributed by atoms with E-state index in [2.05, 4.69) is 46.7 Å². The molecule has 6 nitrogen and oxygen atoms in total. The van der Waals surface area contributed by atoms with Crippen molar-refractivity contribution in [1.29, 1.82) is 0 Å². The molecule has 1 N–H and O–H groups in total. The first-order valence-electron chi connectivity index (χ1n) is 9.22. The average molecular weight is 362 g/mol. The number of carbonyl (C=O) groups is 1. The molecule has 1 aromatic heterocycles. The number of carbonyl (C=O) groups excluding carboxylic acids is 1. The molecule has 0 bridgehead atoms. The molecule has 4 rings (SSSR count). The molecule has 0 aliphatic carbocycles. The number of aromatic nitrogens is 2. The van der Waals surface area contributed by atoms with Crippen LogP contribution in [0.4, 0.5) is 0 Å². The first-order valence-corrected chi connectivity index (χ1v) is 9.22. The lowest BCUT2D eigenvalue weighted by molar-refractivity contribution is 0.0703. The maximum Gasteiger partial charge on any atom is 0.253 e. The van der Waals surface area contributed by atoms with E-state index in [1.807, 2.05) is 29.2 Å². The summed E-state index contributed by atoms with van der Waals surface area (Å²) in [6.45, 7) is 4.26. The van der Waals surface area contributed by atoms with Crippen molar-refractivity contribution in [3.05, 3.63) is 71.6 Å². The van der Waals surface area contributed by atoms with E-state index in [4.69, 9.17) is 4.42 Å². The van der Waals surface area contributed by atoms with Crippen LogP contribution in [0.25, 0.3) is 11.5 Å². The molecule has 3 aromatic rings. The van der Waals surface area contributed by atoms with Gasteiger partial charge in [0.1, 0.15) is 0 Å². The summed E-state index contributed by atoms with van der Waals surface area (Å²) in [7, 11) is 0. The van der Waals surface area contributed by atoms with Crippen LogP contribution in [0.2, 0.25) is 0 Å². The number of nitrogens with one attached hydrogen (secondary N) is 1. The van der Waals surface area contributed by atoms with Gasteiger partial charge in [0.15, 0.2) is 0 Å². The molecule has 1 fully saturated rings. The summed E-state index contributed by atoms with van der Waals surface area (Å²) in [6.07, 6.45) is 2.31. The molecule has 1 aliphatic heterocycles. The van der Waals surface area contributed by atoms with Crippen molar-refractivity contribution in [1.82, 2.24) is 20.4 Å². The number of benzene rings is 2. The highest BCUT2D eigenvalue weighted by atomic mass is 16.4. The molecule has 2 heterocycles. The smallest absolute Gasteiger partial charge is 0.253 e. The fourth-order valence-corrected chi connectivity index (χ4v) is 3.41. The highest BCUT2D eigenvalue weighted by molar-refractivity contribution is 5.95. The van der Waals surface area contributed by atoms with E-state index in [-0.39, 0.29) is 11.9 Å². The van der Waals surface area contributed by atoms with Crippen LogP contribution in [0.15, 0.2) is 59.3 Å². The molecule has 0 radical (unpaired) electrons. The Bertz CT molecular complexity index is 906. The quantitative estimate of drug-likeness (QED) is 0.772. The Morgan fingerprint density at radius 2 is 2.11 bits per heavy atom. The Labute approximate surface area is 158 Å². The summed E-state index contributed by atoms with van der Waals surface area (Å²) >= 11 is 0. The van der Waals surface area contributed by atoms with Crippen LogP contribution in [0, 0.1) is 0 Å². The zero-order valence-electron chi connectivity index (χ0n) is 15.3. The lowest BCUT2D eigenvalue weighted by Crippen LogP contribution is -2.48. The maximum absolute atomic E-state index is 13.0. The minimum absolute atomic E-state index is 0.0213. The Balaban J connectivity index is 1.51. The Morgan fingerprint density at radius 1 is 1.26 bits per heavy atom. The topological polar surface area (TPSA) is 71.3 Å². The second kappa shape index (κ2) is 7.72. The molecule has 1 unspecified atom stereocenters. The van der Waals surface area contributed by atoms with Crippen molar-refractivity contribution in [3.63, 3.8) is 0 Å². The summed E-state index contributed by atoms with van der Waals surface area (Å²) in [5, 5.41) is 11.1. The van der Waals surface area contributed by atoms with E-state index in [1.54, 1.807) is 0 Å². The fraction of sp³-hybridized carbons (Fsp3) is 0.286. The van der Waals surface area contributed by atoms with Crippen LogP contribution >= 0.6 is 0 Å². The zero-order chi connectivity index (χ0) is 18.6. The molecule has 1 atom stereocenters. The third-order valence-electron chi connectivity index (χ3n) is 4.97. The van der Waals surface area contributed by atoms with Gasteiger partial charge in [-0.2, -0.15) is 0 Å². The van der Waals surface area contributed by atoms with Gasteiger partial charge in [0.05, 0.1) is 0 Å². The van der Waals surface area contributed by atoms with Gasteiger partial charge in [0, 0.05) is 36.8 Å². The molecule has 1 amide bonds. The predicted octanol–water partition coefficient (Wildman–Crippen LogP) is 3.09. The second-order valence-electron chi connectivity index (χ2n) is 6.68. The molecule has 0 spiro atoms. The Morgan fingerprint density at radius 3 is 2.85 bits per heavy atom. The Hall–Kier alpha value is -2.99. The summed E-state index contributed by atoms with van der Waals surface area (Å²) in [6, 6.07) is 16.1. The van der Waals surface area contributed by atoms with Crippen LogP contribution in [-0.2, 0) is 6.42 Å². The summed E-state index contributed by atoms with van der Waals surface area (Å²) in [4.78, 5) is 14.9. The maximum atomic E-state index is 13.0. The SMILES string of the molecule is CCc1ccc(C2CN(C(=O)c3cccc(-c4nnco4)c3)CCN2)cc1. The number of piperazine rings is 1. The number of hydrogen-bond acceptors (Lipinski definition) is 5. The summed E-state index contributed by atoms with van der Waals surface area (Å²) in [5.74, 6) is 0.437.